The van der Waals surface area contributed by atoms with Crippen LogP contribution in [0.15, 0.2) is 36.2 Å². The lowest BCUT2D eigenvalue weighted by Gasteiger charge is -2.06. The minimum absolute atomic E-state index is 0.116. The monoisotopic (exact) mass is 239 g/mol. The summed E-state index contributed by atoms with van der Waals surface area (Å²) in [5, 5.41) is 3.42. The lowest BCUT2D eigenvalue weighted by atomic mass is 10.1. The Balaban J connectivity index is 2.81. The SMILES string of the molecule is CCO/C(=C/C(=O)c1ccc(Cl)cc1)NC. The van der Waals surface area contributed by atoms with Gasteiger partial charge in [-0.1, -0.05) is 11.6 Å². The summed E-state index contributed by atoms with van der Waals surface area (Å²) < 4.78 is 5.21. The van der Waals surface area contributed by atoms with Gasteiger partial charge in [-0.15, -0.1) is 0 Å². The number of rotatable bonds is 5. The smallest absolute Gasteiger partial charge is 0.191 e. The van der Waals surface area contributed by atoms with Gasteiger partial charge in [0.15, 0.2) is 11.7 Å². The maximum absolute atomic E-state index is 11.8. The van der Waals surface area contributed by atoms with E-state index < -0.39 is 0 Å². The molecule has 1 N–H and O–H groups in total. The third-order valence-corrected chi connectivity index (χ3v) is 2.19. The molecule has 0 atom stereocenters. The first-order chi connectivity index (χ1) is 7.67. The van der Waals surface area contributed by atoms with Gasteiger partial charge < -0.3 is 10.1 Å². The molecule has 0 amide bonds. The Kier molecular flexibility index (Phi) is 4.86. The van der Waals surface area contributed by atoms with Crippen LogP contribution in [0.3, 0.4) is 0 Å². The molecular weight excluding hydrogens is 226 g/mol. The van der Waals surface area contributed by atoms with Gasteiger partial charge in [-0.2, -0.15) is 0 Å². The van der Waals surface area contributed by atoms with Crippen LogP contribution in [-0.2, 0) is 4.74 Å². The van der Waals surface area contributed by atoms with Gasteiger partial charge in [0, 0.05) is 23.7 Å². The summed E-state index contributed by atoms with van der Waals surface area (Å²) in [6.07, 6.45) is 1.42. The first kappa shape index (κ1) is 12.6. The van der Waals surface area contributed by atoms with E-state index in [1.165, 1.54) is 6.08 Å². The molecule has 0 saturated carbocycles. The summed E-state index contributed by atoms with van der Waals surface area (Å²) >= 11 is 5.74. The Morgan fingerprint density at radius 3 is 2.56 bits per heavy atom. The van der Waals surface area contributed by atoms with Crippen molar-refractivity contribution in [2.45, 2.75) is 6.92 Å². The lowest BCUT2D eigenvalue weighted by molar-refractivity contribution is 0.103. The maximum Gasteiger partial charge on any atom is 0.191 e. The lowest BCUT2D eigenvalue weighted by Crippen LogP contribution is -2.11. The molecule has 1 rings (SSSR count). The van der Waals surface area contributed by atoms with Crippen molar-refractivity contribution >= 4 is 17.4 Å². The largest absolute Gasteiger partial charge is 0.479 e. The fourth-order valence-corrected chi connectivity index (χ4v) is 1.28. The van der Waals surface area contributed by atoms with Crippen molar-refractivity contribution in [1.29, 1.82) is 0 Å². The van der Waals surface area contributed by atoms with Crippen LogP contribution >= 0.6 is 11.6 Å². The zero-order valence-corrected chi connectivity index (χ0v) is 10.0. The molecule has 0 aliphatic heterocycles. The number of hydrogen-bond acceptors (Lipinski definition) is 3. The van der Waals surface area contributed by atoms with Crippen molar-refractivity contribution in [3.8, 4) is 0 Å². The highest BCUT2D eigenvalue weighted by Crippen LogP contribution is 2.10. The molecular formula is C12H14ClNO2. The van der Waals surface area contributed by atoms with Crippen molar-refractivity contribution < 1.29 is 9.53 Å². The van der Waals surface area contributed by atoms with Crippen LogP contribution in [0, 0.1) is 0 Å². The van der Waals surface area contributed by atoms with Crippen LogP contribution in [0.25, 0.3) is 0 Å². The number of hydrogen-bond donors (Lipinski definition) is 1. The van der Waals surface area contributed by atoms with E-state index in [0.717, 1.165) is 0 Å². The second-order valence-electron chi connectivity index (χ2n) is 3.06. The Bertz CT molecular complexity index is 385. The number of ketones is 1. The van der Waals surface area contributed by atoms with Crippen LogP contribution in [-0.4, -0.2) is 19.4 Å². The molecule has 16 heavy (non-hydrogen) atoms. The third kappa shape index (κ3) is 3.59. The van der Waals surface area contributed by atoms with E-state index in [1.54, 1.807) is 31.3 Å². The topological polar surface area (TPSA) is 38.3 Å². The summed E-state index contributed by atoms with van der Waals surface area (Å²) in [4.78, 5) is 11.8. The van der Waals surface area contributed by atoms with E-state index in [4.69, 9.17) is 16.3 Å². The van der Waals surface area contributed by atoms with Gasteiger partial charge >= 0.3 is 0 Å². The predicted octanol–water partition coefficient (Wildman–Crippen LogP) is 2.62. The summed E-state index contributed by atoms with van der Waals surface area (Å²) in [7, 11) is 1.70. The first-order valence-electron chi connectivity index (χ1n) is 4.99. The summed E-state index contributed by atoms with van der Waals surface area (Å²) in [6.45, 7) is 2.37. The van der Waals surface area contributed by atoms with E-state index in [-0.39, 0.29) is 5.78 Å². The van der Waals surface area contributed by atoms with Gasteiger partial charge in [0.1, 0.15) is 0 Å². The van der Waals surface area contributed by atoms with E-state index in [0.29, 0.717) is 23.1 Å². The highest BCUT2D eigenvalue weighted by molar-refractivity contribution is 6.30. The average molecular weight is 240 g/mol. The van der Waals surface area contributed by atoms with Crippen molar-refractivity contribution in [2.75, 3.05) is 13.7 Å². The zero-order chi connectivity index (χ0) is 12.0. The van der Waals surface area contributed by atoms with E-state index in [1.807, 2.05) is 6.92 Å². The second kappa shape index (κ2) is 6.18. The van der Waals surface area contributed by atoms with Crippen molar-refractivity contribution in [1.82, 2.24) is 5.32 Å². The minimum Gasteiger partial charge on any atom is -0.479 e. The number of ether oxygens (including phenoxy) is 1. The highest BCUT2D eigenvalue weighted by Gasteiger charge is 2.04. The average Bonchev–Trinajstić information content (AvgIpc) is 2.29. The molecule has 1 aromatic rings. The molecule has 3 nitrogen and oxygen atoms in total. The number of allylic oxidation sites excluding steroid dienone is 1. The second-order valence-corrected chi connectivity index (χ2v) is 3.50. The van der Waals surface area contributed by atoms with E-state index in [2.05, 4.69) is 5.32 Å². The normalized spacial score (nSPS) is 11.1. The van der Waals surface area contributed by atoms with Gasteiger partial charge in [-0.05, 0) is 31.2 Å². The van der Waals surface area contributed by atoms with E-state index >= 15 is 0 Å². The highest BCUT2D eigenvalue weighted by atomic mass is 35.5. The molecule has 0 radical (unpaired) electrons. The van der Waals surface area contributed by atoms with Crippen LogP contribution in [0.4, 0.5) is 0 Å². The van der Waals surface area contributed by atoms with Crippen LogP contribution in [0.2, 0.25) is 5.02 Å². The van der Waals surface area contributed by atoms with E-state index in [9.17, 15) is 4.79 Å². The zero-order valence-electron chi connectivity index (χ0n) is 9.29. The molecule has 0 fully saturated rings. The fraction of sp³-hybridized carbons (Fsp3) is 0.250. The summed E-state index contributed by atoms with van der Waals surface area (Å²) in [5.41, 5.74) is 0.580. The quantitative estimate of drug-likeness (QED) is 0.488. The summed E-state index contributed by atoms with van der Waals surface area (Å²) in [5.74, 6) is 0.344. The van der Waals surface area contributed by atoms with Gasteiger partial charge in [-0.25, -0.2) is 0 Å². The number of carbonyl (C=O) groups is 1. The van der Waals surface area contributed by atoms with Crippen LogP contribution in [0.1, 0.15) is 17.3 Å². The number of carbonyl (C=O) groups excluding carboxylic acids is 1. The fourth-order valence-electron chi connectivity index (χ4n) is 1.16. The molecule has 0 heterocycles. The minimum atomic E-state index is -0.116. The van der Waals surface area contributed by atoms with Crippen molar-refractivity contribution in [2.24, 2.45) is 0 Å². The Morgan fingerprint density at radius 2 is 2.06 bits per heavy atom. The third-order valence-electron chi connectivity index (χ3n) is 1.94. The Morgan fingerprint density at radius 1 is 1.44 bits per heavy atom. The number of benzene rings is 1. The van der Waals surface area contributed by atoms with Gasteiger partial charge in [0.25, 0.3) is 0 Å². The molecule has 0 spiro atoms. The molecule has 0 unspecified atom stereocenters. The molecule has 86 valence electrons. The van der Waals surface area contributed by atoms with Crippen molar-refractivity contribution in [3.63, 3.8) is 0 Å². The molecule has 4 heteroatoms. The molecule has 0 bridgehead atoms. The maximum atomic E-state index is 11.8. The molecule has 0 aliphatic rings. The molecule has 0 aliphatic carbocycles. The van der Waals surface area contributed by atoms with Gasteiger partial charge in [0.05, 0.1) is 6.61 Å². The molecule has 0 saturated heterocycles. The number of nitrogens with one attached hydrogen (secondary N) is 1. The van der Waals surface area contributed by atoms with Crippen LogP contribution < -0.4 is 5.32 Å². The molecule has 1 aromatic carbocycles. The Hall–Kier alpha value is -1.48. The predicted molar refractivity (Wildman–Crippen MR) is 64.6 cm³/mol. The Labute approximate surface area is 100 Å². The standard InChI is InChI=1S/C12H14ClNO2/c1-3-16-12(14-2)8-11(15)9-4-6-10(13)7-5-9/h4-8,14H,3H2,1-2H3/b12-8+. The van der Waals surface area contributed by atoms with Gasteiger partial charge in [-0.3, -0.25) is 4.79 Å². The van der Waals surface area contributed by atoms with Crippen molar-refractivity contribution in [3.05, 3.63) is 46.8 Å². The summed E-state index contributed by atoms with van der Waals surface area (Å²) in [6, 6.07) is 6.73. The van der Waals surface area contributed by atoms with Gasteiger partial charge in [0.2, 0.25) is 0 Å². The number of halogens is 1. The molecule has 0 aromatic heterocycles. The first-order valence-corrected chi connectivity index (χ1v) is 5.37. The van der Waals surface area contributed by atoms with Crippen LogP contribution in [0.5, 0.6) is 0 Å².